The zero-order valence-corrected chi connectivity index (χ0v) is 15.0. The highest BCUT2D eigenvalue weighted by Crippen LogP contribution is 2.26. The lowest BCUT2D eigenvalue weighted by molar-refractivity contribution is -0.135. The maximum absolute atomic E-state index is 12.6. The third-order valence-electron chi connectivity index (χ3n) is 5.83. The number of fused-ring (bicyclic) bond motifs is 1. The monoisotopic (exact) mass is 349 g/mol. The van der Waals surface area contributed by atoms with E-state index in [1.54, 1.807) is 0 Å². The molecule has 0 unspecified atom stereocenters. The Morgan fingerprint density at radius 2 is 2.04 bits per heavy atom. The molecule has 2 aliphatic heterocycles. The maximum Gasteiger partial charge on any atom is 0.236 e. The lowest BCUT2D eigenvalue weighted by Crippen LogP contribution is -2.55. The topological polar surface area (TPSA) is 47.0 Å². The van der Waals surface area contributed by atoms with Crippen LogP contribution < -0.4 is 0 Å². The van der Waals surface area contributed by atoms with Gasteiger partial charge in [-0.15, -0.1) is 11.3 Å². The van der Waals surface area contributed by atoms with E-state index in [-0.39, 0.29) is 12.0 Å². The Bertz CT molecular complexity index is 583. The van der Waals surface area contributed by atoms with E-state index >= 15 is 0 Å². The van der Waals surface area contributed by atoms with Gasteiger partial charge >= 0.3 is 0 Å². The number of thiophene rings is 1. The highest BCUT2D eigenvalue weighted by molar-refractivity contribution is 7.10. The molecule has 2 atom stereocenters. The summed E-state index contributed by atoms with van der Waals surface area (Å²) >= 11 is 1.84. The molecule has 1 aromatic rings. The first-order valence-electron chi connectivity index (χ1n) is 9.18. The van der Waals surface area contributed by atoms with E-state index in [0.29, 0.717) is 12.6 Å². The molecule has 1 aliphatic carbocycles. The van der Waals surface area contributed by atoms with Gasteiger partial charge in [0.05, 0.1) is 12.6 Å². The molecule has 1 amide bonds. The third kappa shape index (κ3) is 3.38. The zero-order valence-electron chi connectivity index (χ0n) is 14.2. The highest BCUT2D eigenvalue weighted by atomic mass is 32.1. The second-order valence-electron chi connectivity index (χ2n) is 7.31. The number of hydrogen-bond acceptors (Lipinski definition) is 5. The zero-order chi connectivity index (χ0) is 16.5. The summed E-state index contributed by atoms with van der Waals surface area (Å²) in [5.41, 5.74) is 1.40. The van der Waals surface area contributed by atoms with Crippen LogP contribution >= 0.6 is 11.3 Å². The van der Waals surface area contributed by atoms with E-state index in [4.69, 9.17) is 0 Å². The van der Waals surface area contributed by atoms with Gasteiger partial charge in [0.25, 0.3) is 0 Å². The number of carbonyl (C=O) groups is 1. The van der Waals surface area contributed by atoms with Crippen LogP contribution in [0.2, 0.25) is 0 Å². The van der Waals surface area contributed by atoms with Crippen molar-refractivity contribution in [2.75, 3.05) is 39.3 Å². The molecule has 6 heteroatoms. The summed E-state index contributed by atoms with van der Waals surface area (Å²) in [5.74, 6) is 0.264. The molecular weight excluding hydrogens is 322 g/mol. The fourth-order valence-electron chi connectivity index (χ4n) is 4.38. The van der Waals surface area contributed by atoms with Gasteiger partial charge in [-0.3, -0.25) is 14.6 Å². The van der Waals surface area contributed by atoms with Gasteiger partial charge in [-0.05, 0) is 42.7 Å². The minimum absolute atomic E-state index is 0.166. The smallest absolute Gasteiger partial charge is 0.236 e. The predicted octanol–water partition coefficient (Wildman–Crippen LogP) is 1.16. The summed E-state index contributed by atoms with van der Waals surface area (Å²) in [7, 11) is 0. The fourth-order valence-corrected chi connectivity index (χ4v) is 5.27. The first kappa shape index (κ1) is 16.5. The quantitative estimate of drug-likeness (QED) is 0.890. The first-order chi connectivity index (χ1) is 11.7. The van der Waals surface area contributed by atoms with Crippen LogP contribution in [0.1, 0.15) is 29.7 Å². The number of aliphatic hydroxyl groups excluding tert-OH is 1. The van der Waals surface area contributed by atoms with Crippen molar-refractivity contribution in [1.82, 2.24) is 14.7 Å². The molecule has 24 heavy (non-hydrogen) atoms. The van der Waals surface area contributed by atoms with Gasteiger partial charge in [-0.2, -0.15) is 0 Å². The van der Waals surface area contributed by atoms with Crippen LogP contribution in [0.15, 0.2) is 11.4 Å². The van der Waals surface area contributed by atoms with Crippen molar-refractivity contribution < 1.29 is 9.90 Å². The van der Waals surface area contributed by atoms with Crippen LogP contribution in [0.3, 0.4) is 0 Å². The summed E-state index contributed by atoms with van der Waals surface area (Å²) in [6.45, 7) is 5.87. The number of nitrogens with zero attached hydrogens (tertiary/aromatic N) is 3. The van der Waals surface area contributed by atoms with Gasteiger partial charge in [0.15, 0.2) is 0 Å². The minimum Gasteiger partial charge on any atom is -0.391 e. The molecule has 4 rings (SSSR count). The molecule has 5 nitrogen and oxygen atoms in total. The Balaban J connectivity index is 1.26. The van der Waals surface area contributed by atoms with E-state index in [1.807, 2.05) is 16.2 Å². The fraction of sp³-hybridized carbons (Fsp3) is 0.722. The van der Waals surface area contributed by atoms with Crippen molar-refractivity contribution in [2.45, 2.75) is 44.4 Å². The maximum atomic E-state index is 12.6. The predicted molar refractivity (Wildman–Crippen MR) is 95.1 cm³/mol. The average molecular weight is 350 g/mol. The summed E-state index contributed by atoms with van der Waals surface area (Å²) in [6, 6.07) is 2.52. The number of rotatable bonds is 3. The van der Waals surface area contributed by atoms with Crippen LogP contribution in [-0.4, -0.2) is 77.1 Å². The second-order valence-corrected chi connectivity index (χ2v) is 8.31. The normalized spacial score (nSPS) is 29.0. The van der Waals surface area contributed by atoms with Gasteiger partial charge in [-0.25, -0.2) is 0 Å². The number of piperazine rings is 1. The number of aliphatic hydroxyl groups is 1. The van der Waals surface area contributed by atoms with E-state index in [2.05, 4.69) is 21.2 Å². The van der Waals surface area contributed by atoms with Gasteiger partial charge in [0, 0.05) is 50.2 Å². The van der Waals surface area contributed by atoms with Gasteiger partial charge in [0.2, 0.25) is 5.91 Å². The third-order valence-corrected chi connectivity index (χ3v) is 6.85. The lowest BCUT2D eigenvalue weighted by Gasteiger charge is -2.39. The molecule has 1 saturated carbocycles. The molecule has 3 heterocycles. The Morgan fingerprint density at radius 3 is 2.79 bits per heavy atom. The van der Waals surface area contributed by atoms with Crippen molar-refractivity contribution in [2.24, 2.45) is 0 Å². The highest BCUT2D eigenvalue weighted by Gasteiger charge is 2.33. The van der Waals surface area contributed by atoms with Crippen molar-refractivity contribution in [3.63, 3.8) is 0 Å². The molecule has 0 aromatic carbocycles. The van der Waals surface area contributed by atoms with Crippen LogP contribution in [-0.2, 0) is 17.8 Å². The summed E-state index contributed by atoms with van der Waals surface area (Å²) in [5, 5.41) is 12.2. The SMILES string of the molecule is O=C(CN1CCc2sccc2C1)N1CCN([C@H]2CCC[C@H]2O)CC1. The average Bonchev–Trinajstić information content (AvgIpc) is 3.23. The van der Waals surface area contributed by atoms with Crippen molar-refractivity contribution in [3.8, 4) is 0 Å². The van der Waals surface area contributed by atoms with E-state index in [0.717, 1.165) is 65.0 Å². The molecule has 0 spiro atoms. The Morgan fingerprint density at radius 1 is 1.21 bits per heavy atom. The van der Waals surface area contributed by atoms with Crippen LogP contribution in [0.5, 0.6) is 0 Å². The number of amides is 1. The molecule has 1 N–H and O–H groups in total. The van der Waals surface area contributed by atoms with Gasteiger partial charge in [-0.1, -0.05) is 0 Å². The lowest BCUT2D eigenvalue weighted by atomic mass is 10.1. The first-order valence-corrected chi connectivity index (χ1v) is 10.1. The van der Waals surface area contributed by atoms with E-state index in [1.165, 1.54) is 10.4 Å². The minimum atomic E-state index is -0.166. The number of carbonyl (C=O) groups excluding carboxylic acids is 1. The van der Waals surface area contributed by atoms with Crippen LogP contribution in [0.4, 0.5) is 0 Å². The van der Waals surface area contributed by atoms with Crippen LogP contribution in [0.25, 0.3) is 0 Å². The molecule has 132 valence electrons. The molecule has 1 saturated heterocycles. The summed E-state index contributed by atoms with van der Waals surface area (Å²) in [4.78, 5) is 20.8. The Hall–Kier alpha value is -0.950. The Kier molecular flexibility index (Phi) is 4.90. The standard InChI is InChI=1S/C18H27N3O2S/c22-16-3-1-2-15(16)20-7-9-21(10-8-20)18(23)13-19-6-4-17-14(12-19)5-11-24-17/h5,11,15-16,22H,1-4,6-10,12-13H2/t15-,16+/m0/s1. The van der Waals surface area contributed by atoms with Crippen LogP contribution in [0, 0.1) is 0 Å². The summed E-state index contributed by atoms with van der Waals surface area (Å²) < 4.78 is 0. The summed E-state index contributed by atoms with van der Waals surface area (Å²) in [6.07, 6.45) is 4.08. The molecular formula is C18H27N3O2S. The Labute approximate surface area is 147 Å². The molecule has 0 radical (unpaired) electrons. The van der Waals surface area contributed by atoms with Gasteiger partial charge < -0.3 is 10.0 Å². The van der Waals surface area contributed by atoms with Crippen molar-refractivity contribution in [3.05, 3.63) is 21.9 Å². The molecule has 3 aliphatic rings. The van der Waals surface area contributed by atoms with Crippen molar-refractivity contribution in [1.29, 1.82) is 0 Å². The molecule has 0 bridgehead atoms. The molecule has 1 aromatic heterocycles. The van der Waals surface area contributed by atoms with Crippen molar-refractivity contribution >= 4 is 17.2 Å². The molecule has 2 fully saturated rings. The van der Waals surface area contributed by atoms with E-state index < -0.39 is 0 Å². The van der Waals surface area contributed by atoms with Gasteiger partial charge in [0.1, 0.15) is 0 Å². The number of hydrogen-bond donors (Lipinski definition) is 1. The largest absolute Gasteiger partial charge is 0.391 e. The second kappa shape index (κ2) is 7.12. The van der Waals surface area contributed by atoms with E-state index in [9.17, 15) is 9.90 Å².